The second-order valence-corrected chi connectivity index (χ2v) is 4.28. The Morgan fingerprint density at radius 3 is 2.58 bits per heavy atom. The van der Waals surface area contributed by atoms with Crippen molar-refractivity contribution in [3.8, 4) is 11.5 Å². The zero-order valence-corrected chi connectivity index (χ0v) is 11.0. The summed E-state index contributed by atoms with van der Waals surface area (Å²) in [6.07, 6.45) is 0. The lowest BCUT2D eigenvalue weighted by molar-refractivity contribution is 0.0698. The molecular weight excluding hydrogens is 246 g/mol. The first-order chi connectivity index (χ1) is 8.90. The first kappa shape index (κ1) is 12.9. The van der Waals surface area contributed by atoms with Crippen LogP contribution in [0.5, 0.6) is 11.5 Å². The minimum atomic E-state index is -1.06. The average Bonchev–Trinajstić information content (AvgIpc) is 2.56. The van der Waals surface area contributed by atoms with Gasteiger partial charge in [-0.1, -0.05) is 0 Å². The molecular formula is C13H15N3O3. The van der Waals surface area contributed by atoms with Gasteiger partial charge in [0.1, 0.15) is 11.4 Å². The molecule has 1 heterocycles. The summed E-state index contributed by atoms with van der Waals surface area (Å²) in [4.78, 5) is 10.9. The Balaban J connectivity index is 2.34. The minimum Gasteiger partial charge on any atom is -0.478 e. The van der Waals surface area contributed by atoms with Crippen LogP contribution in [0.15, 0.2) is 18.2 Å². The van der Waals surface area contributed by atoms with Crippen LogP contribution < -0.4 is 10.5 Å². The number of carboxylic acids is 1. The molecule has 0 atom stereocenters. The number of carboxylic acid groups (broad SMARTS) is 1. The van der Waals surface area contributed by atoms with Crippen LogP contribution in [0.25, 0.3) is 0 Å². The molecule has 0 saturated heterocycles. The van der Waals surface area contributed by atoms with Crippen molar-refractivity contribution < 1.29 is 14.6 Å². The van der Waals surface area contributed by atoms with E-state index >= 15 is 0 Å². The van der Waals surface area contributed by atoms with Crippen LogP contribution in [0, 0.1) is 13.8 Å². The normalized spacial score (nSPS) is 10.5. The molecule has 3 N–H and O–H groups in total. The van der Waals surface area contributed by atoms with Gasteiger partial charge >= 0.3 is 5.97 Å². The maximum absolute atomic E-state index is 10.9. The highest BCUT2D eigenvalue weighted by atomic mass is 16.5. The molecule has 0 aliphatic heterocycles. The van der Waals surface area contributed by atoms with Gasteiger partial charge < -0.3 is 15.6 Å². The number of carbonyl (C=O) groups is 1. The molecule has 0 aliphatic rings. The second kappa shape index (κ2) is 4.64. The van der Waals surface area contributed by atoms with E-state index in [0.29, 0.717) is 11.5 Å². The molecule has 2 rings (SSSR count). The highest BCUT2D eigenvalue weighted by molar-refractivity contribution is 5.93. The minimum absolute atomic E-state index is 0.0620. The number of aromatic nitrogens is 2. The fourth-order valence-electron chi connectivity index (χ4n) is 1.82. The standard InChI is InChI=1S/C13H15N3O3/c1-7-12(8(2)16(3)15-7)19-9-4-5-10(13(17)18)11(14)6-9/h4-6H,14H2,1-3H3,(H,17,18). The van der Waals surface area contributed by atoms with E-state index < -0.39 is 5.97 Å². The molecule has 0 saturated carbocycles. The van der Waals surface area contributed by atoms with Crippen molar-refractivity contribution in [2.45, 2.75) is 13.8 Å². The molecule has 1 aromatic heterocycles. The van der Waals surface area contributed by atoms with E-state index in [-0.39, 0.29) is 11.3 Å². The lowest BCUT2D eigenvalue weighted by Crippen LogP contribution is -2.02. The lowest BCUT2D eigenvalue weighted by atomic mass is 10.2. The van der Waals surface area contributed by atoms with Crippen LogP contribution in [-0.2, 0) is 7.05 Å². The van der Waals surface area contributed by atoms with Gasteiger partial charge in [0.05, 0.1) is 11.3 Å². The Morgan fingerprint density at radius 2 is 2.11 bits per heavy atom. The topological polar surface area (TPSA) is 90.4 Å². The van der Waals surface area contributed by atoms with Gasteiger partial charge in [0.15, 0.2) is 5.75 Å². The maximum Gasteiger partial charge on any atom is 0.337 e. The van der Waals surface area contributed by atoms with E-state index in [2.05, 4.69) is 5.10 Å². The maximum atomic E-state index is 10.9. The number of hydrogen-bond donors (Lipinski definition) is 2. The number of nitrogen functional groups attached to an aromatic ring is 1. The van der Waals surface area contributed by atoms with Crippen LogP contribution in [0.1, 0.15) is 21.7 Å². The summed E-state index contributed by atoms with van der Waals surface area (Å²) < 4.78 is 7.44. The quantitative estimate of drug-likeness (QED) is 0.826. The average molecular weight is 261 g/mol. The van der Waals surface area contributed by atoms with Crippen LogP contribution in [0.4, 0.5) is 5.69 Å². The number of nitrogens with zero attached hydrogens (tertiary/aromatic N) is 2. The number of rotatable bonds is 3. The number of nitrogens with two attached hydrogens (primary N) is 1. The molecule has 100 valence electrons. The molecule has 19 heavy (non-hydrogen) atoms. The van der Waals surface area contributed by atoms with Crippen LogP contribution in [-0.4, -0.2) is 20.9 Å². The summed E-state index contributed by atoms with van der Waals surface area (Å²) in [6, 6.07) is 4.50. The molecule has 0 amide bonds. The van der Waals surface area contributed by atoms with Gasteiger partial charge in [0.2, 0.25) is 0 Å². The summed E-state index contributed by atoms with van der Waals surface area (Å²) >= 11 is 0. The zero-order valence-electron chi connectivity index (χ0n) is 11.0. The number of aromatic carboxylic acids is 1. The van der Waals surface area contributed by atoms with Crippen molar-refractivity contribution in [2.24, 2.45) is 7.05 Å². The second-order valence-electron chi connectivity index (χ2n) is 4.28. The van der Waals surface area contributed by atoms with E-state index in [1.54, 1.807) is 10.7 Å². The summed E-state index contributed by atoms with van der Waals surface area (Å²) in [5.41, 5.74) is 7.56. The molecule has 0 unspecified atom stereocenters. The first-order valence-electron chi connectivity index (χ1n) is 5.71. The van der Waals surface area contributed by atoms with Gasteiger partial charge in [-0.15, -0.1) is 0 Å². The van der Waals surface area contributed by atoms with Gasteiger partial charge in [-0.3, -0.25) is 4.68 Å². The summed E-state index contributed by atoms with van der Waals surface area (Å²) in [6.45, 7) is 3.74. The van der Waals surface area contributed by atoms with E-state index in [1.165, 1.54) is 12.1 Å². The smallest absolute Gasteiger partial charge is 0.337 e. The molecule has 0 spiro atoms. The Bertz CT molecular complexity index is 647. The van der Waals surface area contributed by atoms with Crippen LogP contribution in [0.3, 0.4) is 0 Å². The molecule has 0 radical (unpaired) electrons. The van der Waals surface area contributed by atoms with Crippen molar-refractivity contribution in [1.29, 1.82) is 0 Å². The van der Waals surface area contributed by atoms with Crippen LogP contribution in [0.2, 0.25) is 0 Å². The number of hydrogen-bond acceptors (Lipinski definition) is 4. The third-order valence-electron chi connectivity index (χ3n) is 2.92. The monoisotopic (exact) mass is 261 g/mol. The molecule has 0 bridgehead atoms. The van der Waals surface area contributed by atoms with Gasteiger partial charge in [0.25, 0.3) is 0 Å². The fourth-order valence-corrected chi connectivity index (χ4v) is 1.82. The van der Waals surface area contributed by atoms with Crippen molar-refractivity contribution in [2.75, 3.05) is 5.73 Å². The number of benzene rings is 1. The Labute approximate surface area is 110 Å². The molecule has 0 fully saturated rings. The molecule has 0 aliphatic carbocycles. The highest BCUT2D eigenvalue weighted by Gasteiger charge is 2.13. The Morgan fingerprint density at radius 1 is 1.42 bits per heavy atom. The number of aryl methyl sites for hydroxylation is 2. The van der Waals surface area contributed by atoms with Gasteiger partial charge in [-0.25, -0.2) is 4.79 Å². The Hall–Kier alpha value is -2.50. The molecule has 1 aromatic carbocycles. The predicted molar refractivity (Wildman–Crippen MR) is 70.6 cm³/mol. The largest absolute Gasteiger partial charge is 0.478 e. The van der Waals surface area contributed by atoms with E-state index in [9.17, 15) is 4.79 Å². The summed E-state index contributed by atoms with van der Waals surface area (Å²) in [5, 5.41) is 13.1. The fraction of sp³-hybridized carbons (Fsp3) is 0.231. The van der Waals surface area contributed by atoms with Gasteiger partial charge in [-0.05, 0) is 26.0 Å². The lowest BCUT2D eigenvalue weighted by Gasteiger charge is -2.08. The number of anilines is 1. The van der Waals surface area contributed by atoms with E-state index in [1.807, 2.05) is 20.9 Å². The zero-order chi connectivity index (χ0) is 14.2. The van der Waals surface area contributed by atoms with Crippen molar-refractivity contribution in [3.05, 3.63) is 35.2 Å². The molecule has 2 aromatic rings. The summed E-state index contributed by atoms with van der Waals surface area (Å²) in [7, 11) is 1.83. The molecule has 6 nitrogen and oxygen atoms in total. The summed E-state index contributed by atoms with van der Waals surface area (Å²) in [5.74, 6) is 0.0875. The predicted octanol–water partition coefficient (Wildman–Crippen LogP) is 2.11. The van der Waals surface area contributed by atoms with Crippen molar-refractivity contribution in [1.82, 2.24) is 9.78 Å². The Kier molecular flexibility index (Phi) is 3.16. The van der Waals surface area contributed by atoms with Crippen molar-refractivity contribution >= 4 is 11.7 Å². The van der Waals surface area contributed by atoms with Crippen molar-refractivity contribution in [3.63, 3.8) is 0 Å². The van der Waals surface area contributed by atoms with E-state index in [4.69, 9.17) is 15.6 Å². The third-order valence-corrected chi connectivity index (χ3v) is 2.92. The third kappa shape index (κ3) is 2.37. The van der Waals surface area contributed by atoms with E-state index in [0.717, 1.165) is 11.4 Å². The number of ether oxygens (including phenoxy) is 1. The van der Waals surface area contributed by atoms with Gasteiger partial charge in [0, 0.05) is 18.8 Å². The first-order valence-corrected chi connectivity index (χ1v) is 5.71. The van der Waals surface area contributed by atoms with Gasteiger partial charge in [-0.2, -0.15) is 5.10 Å². The van der Waals surface area contributed by atoms with Crippen LogP contribution >= 0.6 is 0 Å². The molecule has 6 heteroatoms. The SMILES string of the molecule is Cc1nn(C)c(C)c1Oc1ccc(C(=O)O)c(N)c1. The highest BCUT2D eigenvalue weighted by Crippen LogP contribution is 2.29.